The number of ether oxygens (including phenoxy) is 3. The highest BCUT2D eigenvalue weighted by Gasteiger charge is 2.35. The first kappa shape index (κ1) is 29.0. The molecule has 0 unspecified atom stereocenters. The number of nitrogens with one attached hydrogen (secondary N) is 2. The van der Waals surface area contributed by atoms with Crippen LogP contribution < -0.4 is 24.8 Å². The Kier molecular flexibility index (Phi) is 9.19. The second-order valence-electron chi connectivity index (χ2n) is 11.7. The number of rotatable bonds is 8. The smallest absolute Gasteiger partial charge is 0.323 e. The van der Waals surface area contributed by atoms with Gasteiger partial charge in [-0.25, -0.2) is 4.79 Å². The number of fused-ring (bicyclic) bond motifs is 2. The summed E-state index contributed by atoms with van der Waals surface area (Å²) in [5.41, 5.74) is 1.30. The van der Waals surface area contributed by atoms with Crippen molar-refractivity contribution in [3.8, 4) is 17.2 Å². The van der Waals surface area contributed by atoms with Crippen molar-refractivity contribution in [1.82, 2.24) is 9.80 Å². The Labute approximate surface area is 241 Å². The molecule has 1 saturated carbocycles. The van der Waals surface area contributed by atoms with Crippen LogP contribution in [0.25, 0.3) is 0 Å². The van der Waals surface area contributed by atoms with Gasteiger partial charge >= 0.3 is 6.03 Å². The van der Waals surface area contributed by atoms with E-state index in [4.69, 9.17) is 14.2 Å². The highest BCUT2D eigenvalue weighted by Crippen LogP contribution is 2.36. The molecule has 41 heavy (non-hydrogen) atoms. The predicted molar refractivity (Wildman–Crippen MR) is 157 cm³/mol. The van der Waals surface area contributed by atoms with Crippen molar-refractivity contribution in [2.24, 2.45) is 11.8 Å². The number of benzene rings is 2. The number of amides is 3. The topological polar surface area (TPSA) is 113 Å². The van der Waals surface area contributed by atoms with Gasteiger partial charge in [0.25, 0.3) is 5.91 Å². The van der Waals surface area contributed by atoms with Crippen LogP contribution in [0.5, 0.6) is 17.2 Å². The van der Waals surface area contributed by atoms with Gasteiger partial charge in [0, 0.05) is 37.3 Å². The maximum absolute atomic E-state index is 13.7. The first-order valence-electron chi connectivity index (χ1n) is 14.7. The zero-order valence-electron chi connectivity index (χ0n) is 24.2. The average Bonchev–Trinajstić information content (AvgIpc) is 3.43. The molecule has 5 rings (SSSR count). The number of anilines is 2. The van der Waals surface area contributed by atoms with E-state index in [-0.39, 0.29) is 37.4 Å². The first-order valence-corrected chi connectivity index (χ1v) is 14.7. The fraction of sp³-hybridized carbons (Fsp3) is 0.548. The van der Waals surface area contributed by atoms with Gasteiger partial charge in [-0.05, 0) is 57.0 Å². The van der Waals surface area contributed by atoms with E-state index in [1.807, 2.05) is 6.92 Å². The molecule has 0 saturated heterocycles. The molecule has 0 radical (unpaired) electrons. The predicted octanol–water partition coefficient (Wildman–Crippen LogP) is 4.79. The van der Waals surface area contributed by atoms with Gasteiger partial charge in [-0.2, -0.15) is 0 Å². The number of para-hydroxylation sites is 1. The zero-order valence-corrected chi connectivity index (χ0v) is 24.2. The third-order valence-electron chi connectivity index (χ3n) is 8.36. The maximum atomic E-state index is 13.7. The first-order chi connectivity index (χ1) is 19.8. The lowest BCUT2D eigenvalue weighted by atomic mass is 9.89. The fourth-order valence-electron chi connectivity index (χ4n) is 6.01. The Balaban J connectivity index is 1.38. The molecule has 2 aromatic carbocycles. The van der Waals surface area contributed by atoms with E-state index in [2.05, 4.69) is 29.5 Å². The number of hydrogen-bond acceptors (Lipinski definition) is 7. The lowest BCUT2D eigenvalue weighted by Gasteiger charge is -2.39. The highest BCUT2D eigenvalue weighted by atomic mass is 16.7. The molecular weight excluding hydrogens is 524 g/mol. The zero-order chi connectivity index (χ0) is 28.9. The summed E-state index contributed by atoms with van der Waals surface area (Å²) in [5, 5.41) is 15.7. The summed E-state index contributed by atoms with van der Waals surface area (Å²) >= 11 is 0. The summed E-state index contributed by atoms with van der Waals surface area (Å²) in [6.45, 7) is 6.08. The van der Waals surface area contributed by atoms with Gasteiger partial charge in [0.2, 0.25) is 6.79 Å². The number of carbonyl (C=O) groups is 2. The minimum atomic E-state index is -0.477. The summed E-state index contributed by atoms with van der Waals surface area (Å²) in [6, 6.07) is 9.52. The van der Waals surface area contributed by atoms with Crippen molar-refractivity contribution in [2.45, 2.75) is 58.1 Å². The Bertz CT molecular complexity index is 1230. The van der Waals surface area contributed by atoms with Gasteiger partial charge < -0.3 is 39.8 Å². The summed E-state index contributed by atoms with van der Waals surface area (Å²) in [5.74, 6) is 1.98. The van der Waals surface area contributed by atoms with E-state index in [1.165, 1.54) is 32.1 Å². The van der Waals surface area contributed by atoms with E-state index in [9.17, 15) is 14.7 Å². The molecule has 1 fully saturated rings. The molecule has 222 valence electrons. The van der Waals surface area contributed by atoms with Crippen molar-refractivity contribution in [2.75, 3.05) is 50.7 Å². The van der Waals surface area contributed by atoms with Crippen LogP contribution in [0.2, 0.25) is 0 Å². The number of aliphatic hydroxyl groups is 1. The van der Waals surface area contributed by atoms with Crippen LogP contribution in [0.4, 0.5) is 16.2 Å². The average molecular weight is 567 g/mol. The lowest BCUT2D eigenvalue weighted by molar-refractivity contribution is 0.0333. The summed E-state index contributed by atoms with van der Waals surface area (Å²) < 4.78 is 17.4. The molecule has 3 N–H and O–H groups in total. The molecule has 2 aliphatic heterocycles. The largest absolute Gasteiger partial charge is 0.486 e. The Hall–Kier alpha value is -3.50. The Morgan fingerprint density at radius 1 is 1.10 bits per heavy atom. The van der Waals surface area contributed by atoms with Crippen molar-refractivity contribution in [3.63, 3.8) is 0 Å². The van der Waals surface area contributed by atoms with E-state index in [0.29, 0.717) is 53.2 Å². The van der Waals surface area contributed by atoms with E-state index in [1.54, 1.807) is 41.3 Å². The standard InChI is InChI=1S/C31H42N4O6/c1-20-15-35(21(2)18-36)30(37)24-10-7-11-25(33-31(38)32-23-12-13-26-27(14-23)40-19-39-26)29(24)41-28(20)17-34(3)16-22-8-5-4-6-9-22/h7,10-14,20-22,28,36H,4-6,8-9,15-19H2,1-3H3,(H2,32,33,38)/t20-,21-,28+/m0/s1. The van der Waals surface area contributed by atoms with Gasteiger partial charge in [0.15, 0.2) is 17.2 Å². The summed E-state index contributed by atoms with van der Waals surface area (Å²) in [4.78, 5) is 30.9. The van der Waals surface area contributed by atoms with Crippen LogP contribution in [0.15, 0.2) is 36.4 Å². The molecule has 0 bridgehead atoms. The number of carbonyl (C=O) groups excluding carboxylic acids is 2. The quantitative estimate of drug-likeness (QED) is 0.421. The van der Waals surface area contributed by atoms with Crippen molar-refractivity contribution >= 4 is 23.3 Å². The molecule has 1 aliphatic carbocycles. The molecule has 3 aliphatic rings. The molecule has 10 nitrogen and oxygen atoms in total. The van der Waals surface area contributed by atoms with Crippen LogP contribution >= 0.6 is 0 Å². The number of hydrogen-bond donors (Lipinski definition) is 3. The molecule has 2 aromatic rings. The molecule has 3 atom stereocenters. The maximum Gasteiger partial charge on any atom is 0.323 e. The van der Waals surface area contributed by atoms with E-state index in [0.717, 1.165) is 6.54 Å². The molecule has 0 aromatic heterocycles. The molecule has 0 spiro atoms. The molecular formula is C31H42N4O6. The van der Waals surface area contributed by atoms with Gasteiger partial charge in [-0.1, -0.05) is 32.3 Å². The summed E-state index contributed by atoms with van der Waals surface area (Å²) in [7, 11) is 2.13. The summed E-state index contributed by atoms with van der Waals surface area (Å²) in [6.07, 6.45) is 6.20. The van der Waals surface area contributed by atoms with Crippen LogP contribution in [-0.2, 0) is 0 Å². The number of nitrogens with zero attached hydrogens (tertiary/aromatic N) is 2. The van der Waals surface area contributed by atoms with Gasteiger partial charge in [-0.15, -0.1) is 0 Å². The molecule has 10 heteroatoms. The van der Waals surface area contributed by atoms with E-state index >= 15 is 0 Å². The molecule has 3 amide bonds. The minimum absolute atomic E-state index is 0.00887. The van der Waals surface area contributed by atoms with Gasteiger partial charge in [0.1, 0.15) is 6.10 Å². The van der Waals surface area contributed by atoms with Crippen LogP contribution in [0.3, 0.4) is 0 Å². The number of urea groups is 1. The molecule has 2 heterocycles. The van der Waals surface area contributed by atoms with E-state index < -0.39 is 6.03 Å². The monoisotopic (exact) mass is 566 g/mol. The van der Waals surface area contributed by atoms with Crippen LogP contribution in [0.1, 0.15) is 56.3 Å². The highest BCUT2D eigenvalue weighted by molar-refractivity contribution is 6.04. The fourth-order valence-corrected chi connectivity index (χ4v) is 6.01. The third kappa shape index (κ3) is 6.87. The van der Waals surface area contributed by atoms with Gasteiger partial charge in [-0.3, -0.25) is 4.79 Å². The van der Waals surface area contributed by atoms with Crippen molar-refractivity contribution < 1.29 is 28.9 Å². The third-order valence-corrected chi connectivity index (χ3v) is 8.36. The van der Waals surface area contributed by atoms with Crippen LogP contribution in [-0.4, -0.2) is 79.1 Å². The number of aliphatic hydroxyl groups excluding tert-OH is 1. The number of likely N-dealkylation sites (N-methyl/N-ethyl adjacent to an activating group) is 1. The SMILES string of the molecule is C[C@H]1CN([C@@H](C)CO)C(=O)c2cccc(NC(=O)Nc3ccc4c(c3)OCO4)c2O[C@@H]1CN(C)CC1CCCCC1. The van der Waals surface area contributed by atoms with Crippen molar-refractivity contribution in [1.29, 1.82) is 0 Å². The van der Waals surface area contributed by atoms with Gasteiger partial charge in [0.05, 0.1) is 23.9 Å². The van der Waals surface area contributed by atoms with Crippen LogP contribution in [0, 0.1) is 11.8 Å². The normalized spacial score (nSPS) is 21.5. The second-order valence-corrected chi connectivity index (χ2v) is 11.7. The Morgan fingerprint density at radius 2 is 1.88 bits per heavy atom. The van der Waals surface area contributed by atoms with Crippen molar-refractivity contribution in [3.05, 3.63) is 42.0 Å². The second kappa shape index (κ2) is 13.0. The Morgan fingerprint density at radius 3 is 2.66 bits per heavy atom. The minimum Gasteiger partial charge on any atom is -0.486 e. The lowest BCUT2D eigenvalue weighted by Crippen LogP contribution is -2.50.